The van der Waals surface area contributed by atoms with E-state index in [9.17, 15) is 24.3 Å². The molecule has 4 aliphatic rings. The molecule has 45 heavy (non-hydrogen) atoms. The van der Waals surface area contributed by atoms with E-state index in [0.717, 1.165) is 53.5 Å². The van der Waals surface area contributed by atoms with Crippen LogP contribution in [-0.4, -0.2) is 78.7 Å². The normalized spacial score (nSPS) is 29.6. The van der Waals surface area contributed by atoms with E-state index in [1.54, 1.807) is 9.80 Å². The highest BCUT2D eigenvalue weighted by Crippen LogP contribution is 2.60. The van der Waals surface area contributed by atoms with Gasteiger partial charge in [-0.05, 0) is 81.2 Å². The lowest BCUT2D eigenvalue weighted by atomic mass is 9.82. The third-order valence-electron chi connectivity index (χ3n) is 10.2. The summed E-state index contributed by atoms with van der Waals surface area (Å²) in [5.74, 6) is -0.753. The fourth-order valence-electron chi connectivity index (χ4n) is 8.06. The molecule has 3 amide bonds. The lowest BCUT2D eigenvalue weighted by Gasteiger charge is -2.32. The summed E-state index contributed by atoms with van der Waals surface area (Å²) in [6.07, 6.45) is 2.81. The van der Waals surface area contributed by atoms with Crippen molar-refractivity contribution in [2.75, 3.05) is 29.9 Å². The molecule has 0 unspecified atom stereocenters. The number of aliphatic hydroxyl groups excluding tert-OH is 1. The van der Waals surface area contributed by atoms with Crippen molar-refractivity contribution in [1.82, 2.24) is 10.2 Å². The second-order valence-electron chi connectivity index (χ2n) is 13.5. The van der Waals surface area contributed by atoms with Crippen molar-refractivity contribution in [3.8, 4) is 0 Å². The quantitative estimate of drug-likeness (QED) is 0.308. The Morgan fingerprint density at radius 3 is 2.58 bits per heavy atom. The minimum atomic E-state index is -2.93. The molecule has 6 rings (SSSR count). The van der Waals surface area contributed by atoms with Crippen LogP contribution in [0.15, 0.2) is 46.9 Å². The van der Waals surface area contributed by atoms with Crippen molar-refractivity contribution < 1.29 is 29.0 Å². The van der Waals surface area contributed by atoms with Crippen LogP contribution >= 0.6 is 15.9 Å². The highest BCUT2D eigenvalue weighted by molar-refractivity contribution is 9.10. The summed E-state index contributed by atoms with van der Waals surface area (Å²) in [7, 11) is -2.93. The lowest BCUT2D eigenvalue weighted by molar-refractivity contribution is -0.150. The number of likely N-dealkylation sites (tertiary alicyclic amines) is 1. The van der Waals surface area contributed by atoms with Crippen molar-refractivity contribution in [3.05, 3.63) is 58.1 Å². The third kappa shape index (κ3) is 5.89. The van der Waals surface area contributed by atoms with Crippen LogP contribution in [0.5, 0.6) is 0 Å². The summed E-state index contributed by atoms with van der Waals surface area (Å²) >= 11 is 3.59. The molecule has 2 aromatic rings. The second-order valence-corrected chi connectivity index (χ2v) is 18.4. The van der Waals surface area contributed by atoms with Crippen LogP contribution in [0.3, 0.4) is 0 Å². The monoisotopic (exact) mass is 698 g/mol. The van der Waals surface area contributed by atoms with Gasteiger partial charge in [0, 0.05) is 33.7 Å². The number of rotatable bonds is 8. The second kappa shape index (κ2) is 12.5. The van der Waals surface area contributed by atoms with E-state index in [1.807, 2.05) is 62.5 Å². The Hall–Kier alpha value is -2.61. The molecule has 3 saturated heterocycles. The molecule has 1 spiro atoms. The molecule has 12 heteroatoms. The van der Waals surface area contributed by atoms with Crippen molar-refractivity contribution in [2.45, 2.75) is 88.0 Å². The Morgan fingerprint density at radius 2 is 1.91 bits per heavy atom. The van der Waals surface area contributed by atoms with Gasteiger partial charge in [-0.15, -0.1) is 0 Å². The number of benzene rings is 2. The number of anilines is 2. The highest BCUT2D eigenvalue weighted by Gasteiger charge is 2.66. The summed E-state index contributed by atoms with van der Waals surface area (Å²) in [6.45, 7) is 7.32. The average molecular weight is 700 g/mol. The molecule has 4 N–H and O–H groups in total. The molecule has 4 heterocycles. The fourth-order valence-corrected chi connectivity index (χ4v) is 11.0. The van der Waals surface area contributed by atoms with Gasteiger partial charge in [0.15, 0.2) is 13.9 Å². The molecule has 0 bridgehead atoms. The minimum Gasteiger partial charge on any atom is -0.432 e. The Kier molecular flexibility index (Phi) is 9.01. The fraction of sp³-hybridized carbons (Fsp3) is 0.545. The van der Waals surface area contributed by atoms with Crippen LogP contribution in [0.1, 0.15) is 50.2 Å². The first kappa shape index (κ1) is 32.3. The first-order valence-electron chi connectivity index (χ1n) is 16.0. The summed E-state index contributed by atoms with van der Waals surface area (Å²) < 4.78 is 7.64. The first-order valence-corrected chi connectivity index (χ1v) is 19.8. The Balaban J connectivity index is 1.28. The summed E-state index contributed by atoms with van der Waals surface area (Å²) in [5, 5.41) is 16.0. The van der Waals surface area contributed by atoms with Crippen LogP contribution in [0.2, 0.25) is 18.6 Å². The topological polar surface area (TPSA) is 131 Å². The van der Waals surface area contributed by atoms with E-state index in [1.165, 1.54) is 0 Å². The zero-order valence-corrected chi connectivity index (χ0v) is 28.7. The van der Waals surface area contributed by atoms with E-state index >= 15 is 0 Å². The molecule has 10 nitrogen and oxygen atoms in total. The van der Waals surface area contributed by atoms with Gasteiger partial charge >= 0.3 is 0 Å². The van der Waals surface area contributed by atoms with Gasteiger partial charge in [-0.2, -0.15) is 0 Å². The van der Waals surface area contributed by atoms with Gasteiger partial charge in [-0.3, -0.25) is 14.4 Å². The largest absolute Gasteiger partial charge is 0.432 e. The SMILES string of the molecule is C[C@H]1[C@H]([Si](C)(C)O)[C@@H](CC(=O)N2CCC[C@H]2CO)O[C@]12C(=O)N(Cc1ccc(NC(=O)[C@H]3CCCN3)cc1)c1ccc(Br)cc12. The van der Waals surface area contributed by atoms with Crippen LogP contribution in [0.25, 0.3) is 0 Å². The predicted molar refractivity (Wildman–Crippen MR) is 177 cm³/mol. The molecule has 0 saturated carbocycles. The molecule has 4 aliphatic heterocycles. The minimum absolute atomic E-state index is 0.0432. The van der Waals surface area contributed by atoms with E-state index in [4.69, 9.17) is 4.74 Å². The number of carbonyl (C=O) groups is 3. The van der Waals surface area contributed by atoms with E-state index in [2.05, 4.69) is 26.6 Å². The standard InChI is InChI=1S/C33H43BrN4O6Si/c1-20-30(45(2,3)43)28(17-29(40)37-15-5-6-24(37)19-39)44-33(20)25-16-22(34)10-13-27(25)38(32(33)42)18-21-8-11-23(12-9-21)36-31(41)26-7-4-14-35-26/h8-13,16,20,24,26,28,30,35,39,43H,4-7,14-15,17-19H2,1-3H3,(H,36,41)/t20-,24-,26+,28+,30-,33+/m0/s1. The van der Waals surface area contributed by atoms with Crippen molar-refractivity contribution >= 4 is 53.3 Å². The summed E-state index contributed by atoms with van der Waals surface area (Å²) in [5.41, 5.74) is 1.33. The van der Waals surface area contributed by atoms with Gasteiger partial charge in [-0.25, -0.2) is 0 Å². The van der Waals surface area contributed by atoms with E-state index in [-0.39, 0.29) is 54.3 Å². The van der Waals surface area contributed by atoms with Crippen molar-refractivity contribution in [2.24, 2.45) is 5.92 Å². The number of fused-ring (bicyclic) bond motifs is 2. The molecular formula is C33H43BrN4O6Si. The molecule has 3 fully saturated rings. The molecular weight excluding hydrogens is 656 g/mol. The maximum Gasteiger partial charge on any atom is 0.264 e. The highest BCUT2D eigenvalue weighted by atomic mass is 79.9. The third-order valence-corrected chi connectivity index (χ3v) is 13.2. The van der Waals surface area contributed by atoms with Crippen LogP contribution in [0, 0.1) is 5.92 Å². The number of nitrogens with one attached hydrogen (secondary N) is 2. The van der Waals surface area contributed by atoms with Crippen LogP contribution in [-0.2, 0) is 31.3 Å². The number of hydrogen-bond donors (Lipinski definition) is 4. The molecule has 242 valence electrons. The van der Waals surface area contributed by atoms with Gasteiger partial charge in [0.25, 0.3) is 5.91 Å². The van der Waals surface area contributed by atoms with Crippen LogP contribution in [0.4, 0.5) is 11.4 Å². The van der Waals surface area contributed by atoms with Gasteiger partial charge in [0.05, 0.1) is 43.4 Å². The van der Waals surface area contributed by atoms with Gasteiger partial charge in [-0.1, -0.05) is 35.0 Å². The Labute approximate surface area is 273 Å². The van der Waals surface area contributed by atoms with Gasteiger partial charge in [0.2, 0.25) is 11.8 Å². The van der Waals surface area contributed by atoms with Crippen LogP contribution < -0.4 is 15.5 Å². The number of amides is 3. The van der Waals surface area contributed by atoms with Crippen molar-refractivity contribution in [3.63, 3.8) is 0 Å². The molecule has 6 atom stereocenters. The zero-order valence-electron chi connectivity index (χ0n) is 26.1. The number of hydrogen-bond acceptors (Lipinski definition) is 7. The lowest BCUT2D eigenvalue weighted by Crippen LogP contribution is -2.46. The maximum absolute atomic E-state index is 14.7. The van der Waals surface area contributed by atoms with E-state index < -0.39 is 20.0 Å². The number of nitrogens with zero attached hydrogens (tertiary/aromatic N) is 2. The smallest absolute Gasteiger partial charge is 0.264 e. The maximum atomic E-state index is 14.7. The first-order chi connectivity index (χ1) is 21.4. The number of aliphatic hydroxyl groups is 1. The number of carbonyl (C=O) groups excluding carboxylic acids is 3. The zero-order chi connectivity index (χ0) is 32.1. The van der Waals surface area contributed by atoms with Gasteiger partial charge < -0.3 is 35.1 Å². The molecule has 0 aliphatic carbocycles. The molecule has 2 aromatic carbocycles. The molecule has 0 aromatic heterocycles. The summed E-state index contributed by atoms with van der Waals surface area (Å²) in [4.78, 5) is 55.8. The van der Waals surface area contributed by atoms with Crippen molar-refractivity contribution in [1.29, 1.82) is 0 Å². The molecule has 0 radical (unpaired) electrons. The average Bonchev–Trinajstić information content (AvgIpc) is 3.78. The number of halogens is 1. The number of ether oxygens (including phenoxy) is 1. The predicted octanol–water partition coefficient (Wildman–Crippen LogP) is 3.86. The Bertz CT molecular complexity index is 1460. The van der Waals surface area contributed by atoms with Gasteiger partial charge in [0.1, 0.15) is 0 Å². The summed E-state index contributed by atoms with van der Waals surface area (Å²) in [6, 6.07) is 12.9. The Morgan fingerprint density at radius 1 is 1.16 bits per heavy atom. The van der Waals surface area contributed by atoms with E-state index in [0.29, 0.717) is 18.8 Å².